The van der Waals surface area contributed by atoms with Crippen molar-refractivity contribution in [2.24, 2.45) is 0 Å². The van der Waals surface area contributed by atoms with Crippen molar-refractivity contribution in [2.45, 2.75) is 44.2 Å². The summed E-state index contributed by atoms with van der Waals surface area (Å²) in [7, 11) is 0. The van der Waals surface area contributed by atoms with Gasteiger partial charge in [0.25, 0.3) is 0 Å². The zero-order chi connectivity index (χ0) is 21.5. The van der Waals surface area contributed by atoms with Crippen LogP contribution in [-0.4, -0.2) is 41.4 Å². The van der Waals surface area contributed by atoms with Gasteiger partial charge in [-0.25, -0.2) is 14.6 Å². The lowest BCUT2D eigenvalue weighted by Crippen LogP contribution is -2.36. The van der Waals surface area contributed by atoms with Crippen molar-refractivity contribution in [3.63, 3.8) is 0 Å². The quantitative estimate of drug-likeness (QED) is 0.419. The highest BCUT2D eigenvalue weighted by Gasteiger charge is 2.23. The van der Waals surface area contributed by atoms with Gasteiger partial charge in [0.2, 0.25) is 0 Å². The molecule has 32 heavy (non-hydrogen) atoms. The molecule has 6 rings (SSSR count). The number of hydrogen-bond acceptors (Lipinski definition) is 6. The minimum Gasteiger partial charge on any atom is -0.391 e. The molecule has 4 heterocycles. The van der Waals surface area contributed by atoms with Crippen LogP contribution >= 0.6 is 11.3 Å². The Morgan fingerprint density at radius 2 is 2.06 bits per heavy atom. The second kappa shape index (κ2) is 8.03. The lowest BCUT2D eigenvalue weighted by atomic mass is 9.93. The number of aromatic nitrogens is 5. The van der Waals surface area contributed by atoms with Gasteiger partial charge in [-0.1, -0.05) is 30.2 Å². The number of thiazole rings is 1. The molecule has 0 radical (unpaired) electrons. The smallest absolute Gasteiger partial charge is 0.184 e. The van der Waals surface area contributed by atoms with Gasteiger partial charge in [-0.05, 0) is 42.7 Å². The zero-order valence-corrected chi connectivity index (χ0v) is 18.4. The van der Waals surface area contributed by atoms with Gasteiger partial charge in [-0.15, -0.1) is 0 Å². The summed E-state index contributed by atoms with van der Waals surface area (Å²) >= 11 is 1.66. The standard InChI is InChI=1S/C24H24N6OS/c31-21-5-2-1-4-19(21)27-24-28-20-7-6-16(13-22(20)32-24)12-18-15-25-23-14-17(8-11-29(18)23)30-10-3-9-26-30/h3,6-11,13-15,19,21,31H,1-2,4-5,12H2,(H,27,28). The Morgan fingerprint density at radius 3 is 2.94 bits per heavy atom. The van der Waals surface area contributed by atoms with Crippen molar-refractivity contribution in [3.8, 4) is 5.69 Å². The first kappa shape index (κ1) is 19.5. The highest BCUT2D eigenvalue weighted by molar-refractivity contribution is 7.22. The van der Waals surface area contributed by atoms with E-state index >= 15 is 0 Å². The summed E-state index contributed by atoms with van der Waals surface area (Å²) in [5, 5.41) is 18.9. The van der Waals surface area contributed by atoms with E-state index in [0.29, 0.717) is 0 Å². The minimum atomic E-state index is -0.282. The summed E-state index contributed by atoms with van der Waals surface area (Å²) in [5.41, 5.74) is 5.26. The normalized spacial score (nSPS) is 19.0. The maximum atomic E-state index is 10.3. The van der Waals surface area contributed by atoms with Gasteiger partial charge in [0.15, 0.2) is 5.13 Å². The van der Waals surface area contributed by atoms with Crippen molar-refractivity contribution < 1.29 is 5.11 Å². The molecule has 2 N–H and O–H groups in total. The number of rotatable bonds is 5. The monoisotopic (exact) mass is 444 g/mol. The number of benzene rings is 1. The van der Waals surface area contributed by atoms with Gasteiger partial charge in [-0.3, -0.25) is 0 Å². The number of fused-ring (bicyclic) bond motifs is 2. The van der Waals surface area contributed by atoms with E-state index in [-0.39, 0.29) is 12.1 Å². The number of nitrogens with one attached hydrogen (secondary N) is 1. The van der Waals surface area contributed by atoms with E-state index in [1.807, 2.05) is 29.2 Å². The van der Waals surface area contributed by atoms with E-state index in [1.165, 1.54) is 5.56 Å². The van der Waals surface area contributed by atoms with Crippen LogP contribution in [0.5, 0.6) is 0 Å². The number of aliphatic hydroxyl groups is 1. The average Bonchev–Trinajstić information content (AvgIpc) is 3.55. The van der Waals surface area contributed by atoms with E-state index in [4.69, 9.17) is 4.98 Å². The van der Waals surface area contributed by atoms with Crippen LogP contribution < -0.4 is 5.32 Å². The number of pyridine rings is 1. The van der Waals surface area contributed by atoms with Crippen LogP contribution in [-0.2, 0) is 6.42 Å². The maximum Gasteiger partial charge on any atom is 0.184 e. The molecule has 2 unspecified atom stereocenters. The molecule has 7 nitrogen and oxygen atoms in total. The third kappa shape index (κ3) is 3.65. The summed E-state index contributed by atoms with van der Waals surface area (Å²) in [5.74, 6) is 0. The number of imidazole rings is 1. The van der Waals surface area contributed by atoms with Crippen molar-refractivity contribution in [1.82, 2.24) is 24.1 Å². The Kier molecular flexibility index (Phi) is 4.88. The molecule has 1 fully saturated rings. The summed E-state index contributed by atoms with van der Waals surface area (Å²) in [4.78, 5) is 9.34. The fraction of sp³-hybridized carbons (Fsp3) is 0.292. The van der Waals surface area contributed by atoms with E-state index < -0.39 is 0 Å². The summed E-state index contributed by atoms with van der Waals surface area (Å²) in [6.45, 7) is 0. The van der Waals surface area contributed by atoms with E-state index in [1.54, 1.807) is 17.5 Å². The predicted molar refractivity (Wildman–Crippen MR) is 127 cm³/mol. The van der Waals surface area contributed by atoms with Crippen LogP contribution in [0.2, 0.25) is 0 Å². The van der Waals surface area contributed by atoms with Crippen LogP contribution in [0.3, 0.4) is 0 Å². The first-order chi connectivity index (χ1) is 15.7. The van der Waals surface area contributed by atoms with Gasteiger partial charge in [0, 0.05) is 43.0 Å². The minimum absolute atomic E-state index is 0.105. The highest BCUT2D eigenvalue weighted by atomic mass is 32.1. The van der Waals surface area contributed by atoms with Crippen LogP contribution in [0.25, 0.3) is 21.6 Å². The Labute approximate surface area is 189 Å². The van der Waals surface area contributed by atoms with Gasteiger partial charge in [0.05, 0.1) is 28.0 Å². The van der Waals surface area contributed by atoms with E-state index in [0.717, 1.165) is 64.5 Å². The van der Waals surface area contributed by atoms with Gasteiger partial charge in [-0.2, -0.15) is 5.10 Å². The molecule has 0 aliphatic heterocycles. The van der Waals surface area contributed by atoms with Crippen LogP contribution in [0, 0.1) is 0 Å². The molecule has 0 saturated heterocycles. The van der Waals surface area contributed by atoms with Crippen molar-refractivity contribution >= 4 is 32.3 Å². The Morgan fingerprint density at radius 1 is 1.12 bits per heavy atom. The molecule has 1 aromatic carbocycles. The van der Waals surface area contributed by atoms with Crippen molar-refractivity contribution in [2.75, 3.05) is 5.32 Å². The fourth-order valence-corrected chi connectivity index (χ4v) is 5.50. The topological polar surface area (TPSA) is 80.3 Å². The van der Waals surface area contributed by atoms with E-state index in [2.05, 4.69) is 50.3 Å². The molecule has 1 aliphatic carbocycles. The first-order valence-corrected chi connectivity index (χ1v) is 11.8. The molecule has 1 aliphatic rings. The van der Waals surface area contributed by atoms with Gasteiger partial charge in [0.1, 0.15) is 5.65 Å². The van der Waals surface area contributed by atoms with Crippen molar-refractivity contribution in [1.29, 1.82) is 0 Å². The number of hydrogen-bond donors (Lipinski definition) is 2. The second-order valence-electron chi connectivity index (χ2n) is 8.41. The Bertz CT molecular complexity index is 1370. The fourth-order valence-electron chi connectivity index (χ4n) is 4.51. The van der Waals surface area contributed by atoms with Crippen LogP contribution in [0.4, 0.5) is 5.13 Å². The third-order valence-electron chi connectivity index (χ3n) is 6.22. The summed E-state index contributed by atoms with van der Waals surface area (Å²) < 4.78 is 5.12. The third-order valence-corrected chi connectivity index (χ3v) is 7.17. The largest absolute Gasteiger partial charge is 0.391 e. The van der Waals surface area contributed by atoms with Gasteiger partial charge >= 0.3 is 0 Å². The molecule has 2 atom stereocenters. The lowest BCUT2D eigenvalue weighted by Gasteiger charge is -2.27. The predicted octanol–water partition coefficient (Wildman–Crippen LogP) is 4.44. The first-order valence-electron chi connectivity index (χ1n) is 11.0. The molecular weight excluding hydrogens is 420 g/mol. The molecule has 0 bridgehead atoms. The molecule has 5 aromatic rings. The van der Waals surface area contributed by atoms with Crippen LogP contribution in [0.15, 0.2) is 61.2 Å². The Balaban J connectivity index is 1.23. The zero-order valence-electron chi connectivity index (χ0n) is 17.6. The second-order valence-corrected chi connectivity index (χ2v) is 9.44. The van der Waals surface area contributed by atoms with Gasteiger partial charge < -0.3 is 14.8 Å². The number of nitrogens with zero attached hydrogens (tertiary/aromatic N) is 5. The molecule has 0 amide bonds. The molecule has 162 valence electrons. The summed E-state index contributed by atoms with van der Waals surface area (Å²) in [6.07, 6.45) is 12.3. The molecule has 4 aromatic heterocycles. The average molecular weight is 445 g/mol. The molecule has 1 saturated carbocycles. The number of aliphatic hydroxyl groups excluding tert-OH is 1. The Hall–Kier alpha value is -3.23. The molecular formula is C24H24N6OS. The van der Waals surface area contributed by atoms with Crippen molar-refractivity contribution in [3.05, 3.63) is 72.4 Å². The SMILES string of the molecule is OC1CCCCC1Nc1nc2ccc(Cc3cnc4cc(-n5cccn5)ccn34)cc2s1. The number of anilines is 1. The summed E-state index contributed by atoms with van der Waals surface area (Å²) in [6, 6.07) is 12.5. The van der Waals surface area contributed by atoms with Crippen LogP contribution in [0.1, 0.15) is 36.9 Å². The highest BCUT2D eigenvalue weighted by Crippen LogP contribution is 2.30. The lowest BCUT2D eigenvalue weighted by molar-refractivity contribution is 0.116. The molecule has 8 heteroatoms. The maximum absolute atomic E-state index is 10.3. The van der Waals surface area contributed by atoms with E-state index in [9.17, 15) is 5.11 Å². The molecule has 0 spiro atoms.